The van der Waals surface area contributed by atoms with Crippen LogP contribution in [0.5, 0.6) is 5.75 Å². The molecule has 0 radical (unpaired) electrons. The zero-order chi connectivity index (χ0) is 21.4. The quantitative estimate of drug-likeness (QED) is 0.662. The van der Waals surface area contributed by atoms with Crippen molar-refractivity contribution in [1.82, 2.24) is 5.32 Å². The third kappa shape index (κ3) is 6.91. The molecule has 0 saturated carbocycles. The molecule has 0 aliphatic heterocycles. The van der Waals surface area contributed by atoms with E-state index in [4.69, 9.17) is 9.47 Å². The minimum Gasteiger partial charge on any atom is -0.479 e. The van der Waals surface area contributed by atoms with Gasteiger partial charge in [-0.15, -0.1) is 0 Å². The molecule has 2 N–H and O–H groups in total. The summed E-state index contributed by atoms with van der Waals surface area (Å²) in [4.78, 5) is 35.7. The smallest absolute Gasteiger partial charge is 0.347 e. The van der Waals surface area contributed by atoms with Crippen molar-refractivity contribution < 1.29 is 28.2 Å². The van der Waals surface area contributed by atoms with Crippen molar-refractivity contribution in [2.24, 2.45) is 0 Å². The summed E-state index contributed by atoms with van der Waals surface area (Å²) in [7, 11) is 0. The number of ether oxygens (including phenoxy) is 2. The first-order chi connectivity index (χ1) is 13.8. The van der Waals surface area contributed by atoms with Gasteiger partial charge in [0.05, 0.1) is 6.54 Å². The molecule has 2 rings (SSSR count). The van der Waals surface area contributed by atoms with E-state index in [1.54, 1.807) is 0 Å². The van der Waals surface area contributed by atoms with E-state index in [9.17, 15) is 18.8 Å². The predicted octanol–water partition coefficient (Wildman–Crippen LogP) is 2.51. The molecule has 0 heterocycles. The minimum absolute atomic E-state index is 0.258. The lowest BCUT2D eigenvalue weighted by molar-refractivity contribution is -0.154. The normalized spacial score (nSPS) is 11.3. The van der Waals surface area contributed by atoms with Gasteiger partial charge in [-0.05, 0) is 56.2 Å². The first-order valence-electron chi connectivity index (χ1n) is 8.98. The Labute approximate surface area is 168 Å². The third-order valence-electron chi connectivity index (χ3n) is 4.00. The first kappa shape index (κ1) is 21.9. The Morgan fingerprint density at radius 1 is 1.00 bits per heavy atom. The van der Waals surface area contributed by atoms with Crippen LogP contribution in [0.25, 0.3) is 0 Å². The van der Waals surface area contributed by atoms with Gasteiger partial charge in [-0.3, -0.25) is 9.59 Å². The summed E-state index contributed by atoms with van der Waals surface area (Å²) >= 11 is 0. The highest BCUT2D eigenvalue weighted by Crippen LogP contribution is 2.19. The van der Waals surface area contributed by atoms with Crippen LogP contribution in [0.3, 0.4) is 0 Å². The molecule has 7 nitrogen and oxygen atoms in total. The molecule has 1 atom stereocenters. The van der Waals surface area contributed by atoms with Crippen LogP contribution < -0.4 is 15.4 Å². The average Bonchev–Trinajstić information content (AvgIpc) is 2.69. The van der Waals surface area contributed by atoms with Gasteiger partial charge in [0.25, 0.3) is 5.91 Å². The molecule has 0 aliphatic rings. The number of nitrogens with one attached hydrogen (secondary N) is 2. The van der Waals surface area contributed by atoms with Crippen LogP contribution in [0.2, 0.25) is 0 Å². The fourth-order valence-corrected chi connectivity index (χ4v) is 2.44. The second-order valence-electron chi connectivity index (χ2n) is 6.41. The number of para-hydroxylation sites is 1. The molecule has 0 aliphatic carbocycles. The molecular formula is C21H23FN2O5. The summed E-state index contributed by atoms with van der Waals surface area (Å²) in [5.74, 6) is -1.90. The fraction of sp³-hybridized carbons (Fsp3) is 0.286. The van der Waals surface area contributed by atoms with Crippen LogP contribution in [0.4, 0.5) is 10.1 Å². The maximum Gasteiger partial charge on any atom is 0.347 e. The number of hydrogen-bond donors (Lipinski definition) is 2. The van der Waals surface area contributed by atoms with Crippen molar-refractivity contribution >= 4 is 23.5 Å². The fourth-order valence-electron chi connectivity index (χ4n) is 2.44. The number of amides is 2. The van der Waals surface area contributed by atoms with E-state index in [1.807, 2.05) is 32.0 Å². The van der Waals surface area contributed by atoms with E-state index in [0.717, 1.165) is 11.1 Å². The van der Waals surface area contributed by atoms with Crippen LogP contribution in [0.15, 0.2) is 42.5 Å². The third-order valence-corrected chi connectivity index (χ3v) is 4.00. The van der Waals surface area contributed by atoms with Crippen molar-refractivity contribution in [2.75, 3.05) is 18.5 Å². The molecule has 0 spiro atoms. The average molecular weight is 402 g/mol. The molecule has 0 saturated heterocycles. The van der Waals surface area contributed by atoms with Gasteiger partial charge in [0, 0.05) is 5.69 Å². The zero-order valence-corrected chi connectivity index (χ0v) is 16.5. The van der Waals surface area contributed by atoms with Gasteiger partial charge < -0.3 is 20.1 Å². The second-order valence-corrected chi connectivity index (χ2v) is 6.41. The second kappa shape index (κ2) is 10.2. The van der Waals surface area contributed by atoms with Crippen molar-refractivity contribution in [3.63, 3.8) is 0 Å². The number of carbonyl (C=O) groups is 3. The summed E-state index contributed by atoms with van der Waals surface area (Å²) in [6.07, 6.45) is -0.986. The van der Waals surface area contributed by atoms with E-state index in [0.29, 0.717) is 11.4 Å². The van der Waals surface area contributed by atoms with Gasteiger partial charge >= 0.3 is 5.97 Å². The number of benzene rings is 2. The SMILES string of the molecule is Cc1cccc(C)c1NC(=O)CNC(=O)COC(=O)[C@@H](C)Oc1ccc(F)cc1. The first-order valence-corrected chi connectivity index (χ1v) is 8.98. The predicted molar refractivity (Wildman–Crippen MR) is 105 cm³/mol. The maximum absolute atomic E-state index is 12.9. The van der Waals surface area contributed by atoms with Crippen molar-refractivity contribution in [1.29, 1.82) is 0 Å². The summed E-state index contributed by atoms with van der Waals surface area (Å²) in [6.45, 7) is 4.38. The molecule has 2 amide bonds. The number of carbonyl (C=O) groups excluding carboxylic acids is 3. The van der Waals surface area contributed by atoms with E-state index >= 15 is 0 Å². The lowest BCUT2D eigenvalue weighted by Crippen LogP contribution is -2.37. The van der Waals surface area contributed by atoms with Crippen LogP contribution in [-0.4, -0.2) is 37.0 Å². The van der Waals surface area contributed by atoms with Crippen LogP contribution >= 0.6 is 0 Å². The molecular weight excluding hydrogens is 379 g/mol. The lowest BCUT2D eigenvalue weighted by atomic mass is 10.1. The van der Waals surface area contributed by atoms with Crippen LogP contribution in [0.1, 0.15) is 18.1 Å². The molecule has 154 valence electrons. The highest BCUT2D eigenvalue weighted by atomic mass is 19.1. The Hall–Kier alpha value is -3.42. The summed E-state index contributed by atoms with van der Waals surface area (Å²) < 4.78 is 23.0. The Balaban J connectivity index is 1.72. The van der Waals surface area contributed by atoms with E-state index in [1.165, 1.54) is 31.2 Å². The highest BCUT2D eigenvalue weighted by Gasteiger charge is 2.18. The summed E-state index contributed by atoms with van der Waals surface area (Å²) in [5.41, 5.74) is 2.52. The standard InChI is InChI=1S/C21H23FN2O5/c1-13-5-4-6-14(2)20(13)24-18(25)11-23-19(26)12-28-21(27)15(3)29-17-9-7-16(22)8-10-17/h4-10,15H,11-12H2,1-3H3,(H,23,26)(H,24,25)/t15-/m1/s1. The van der Waals surface area contributed by atoms with Gasteiger partial charge in [0.15, 0.2) is 12.7 Å². The Bertz CT molecular complexity index is 863. The number of esters is 1. The van der Waals surface area contributed by atoms with E-state index in [2.05, 4.69) is 10.6 Å². The monoisotopic (exact) mass is 402 g/mol. The van der Waals surface area contributed by atoms with Gasteiger partial charge in [-0.2, -0.15) is 0 Å². The van der Waals surface area contributed by atoms with Crippen molar-refractivity contribution in [2.45, 2.75) is 26.9 Å². The van der Waals surface area contributed by atoms with Gasteiger partial charge in [-0.25, -0.2) is 9.18 Å². The van der Waals surface area contributed by atoms with Gasteiger partial charge in [0.2, 0.25) is 5.91 Å². The largest absolute Gasteiger partial charge is 0.479 e. The number of aryl methyl sites for hydroxylation is 2. The number of halogens is 1. The molecule has 0 fully saturated rings. The molecule has 0 unspecified atom stereocenters. The van der Waals surface area contributed by atoms with Crippen molar-refractivity contribution in [3.8, 4) is 5.75 Å². The molecule has 0 bridgehead atoms. The molecule has 29 heavy (non-hydrogen) atoms. The zero-order valence-electron chi connectivity index (χ0n) is 16.5. The highest BCUT2D eigenvalue weighted by molar-refractivity contribution is 5.96. The Kier molecular flexibility index (Phi) is 7.70. The summed E-state index contributed by atoms with van der Waals surface area (Å²) in [5, 5.41) is 5.12. The van der Waals surface area contributed by atoms with Crippen LogP contribution in [0, 0.1) is 19.7 Å². The Morgan fingerprint density at radius 3 is 2.24 bits per heavy atom. The lowest BCUT2D eigenvalue weighted by Gasteiger charge is -2.14. The number of rotatable bonds is 8. The maximum atomic E-state index is 12.9. The van der Waals surface area contributed by atoms with Gasteiger partial charge in [0.1, 0.15) is 11.6 Å². The number of anilines is 1. The van der Waals surface area contributed by atoms with E-state index in [-0.39, 0.29) is 6.54 Å². The topological polar surface area (TPSA) is 93.7 Å². The van der Waals surface area contributed by atoms with Crippen LogP contribution in [-0.2, 0) is 19.1 Å². The molecule has 2 aromatic rings. The summed E-state index contributed by atoms with van der Waals surface area (Å²) in [6, 6.07) is 10.8. The van der Waals surface area contributed by atoms with Gasteiger partial charge in [-0.1, -0.05) is 18.2 Å². The minimum atomic E-state index is -0.986. The molecule has 8 heteroatoms. The van der Waals surface area contributed by atoms with Crippen molar-refractivity contribution in [3.05, 3.63) is 59.4 Å². The van der Waals surface area contributed by atoms with E-state index < -0.39 is 36.3 Å². The number of hydrogen-bond acceptors (Lipinski definition) is 5. The Morgan fingerprint density at radius 2 is 1.62 bits per heavy atom. The molecule has 2 aromatic carbocycles. The molecule has 0 aromatic heterocycles.